The number of benzene rings is 1. The zero-order valence-electron chi connectivity index (χ0n) is 14.9. The zero-order chi connectivity index (χ0) is 18.7. The molecule has 7 heteroatoms. The Labute approximate surface area is 152 Å². The van der Waals surface area contributed by atoms with Crippen LogP contribution in [0.15, 0.2) is 24.3 Å². The summed E-state index contributed by atoms with van der Waals surface area (Å²) in [7, 11) is 0. The third-order valence-corrected chi connectivity index (χ3v) is 5.09. The quantitative estimate of drug-likeness (QED) is 0.865. The van der Waals surface area contributed by atoms with E-state index in [4.69, 9.17) is 9.84 Å². The van der Waals surface area contributed by atoms with Crippen LogP contribution in [0.1, 0.15) is 26.2 Å². The van der Waals surface area contributed by atoms with Crippen LogP contribution in [0.3, 0.4) is 0 Å². The van der Waals surface area contributed by atoms with Gasteiger partial charge in [-0.05, 0) is 44.0 Å². The molecule has 1 aromatic carbocycles. The summed E-state index contributed by atoms with van der Waals surface area (Å²) in [6, 6.07) is 7.29. The van der Waals surface area contributed by atoms with E-state index in [1.807, 2.05) is 31.2 Å². The van der Waals surface area contributed by atoms with Crippen LogP contribution in [0.2, 0.25) is 0 Å². The number of likely N-dealkylation sites (tertiary alicyclic amines) is 1. The molecule has 1 unspecified atom stereocenters. The minimum absolute atomic E-state index is 0.0457. The molecule has 2 amide bonds. The second-order valence-electron chi connectivity index (χ2n) is 6.77. The number of hydrogen-bond acceptors (Lipinski definition) is 4. The van der Waals surface area contributed by atoms with Crippen LogP contribution in [0, 0.1) is 11.8 Å². The number of aliphatic carboxylic acids is 1. The average molecular weight is 360 g/mol. The van der Waals surface area contributed by atoms with Gasteiger partial charge in [-0.1, -0.05) is 0 Å². The standard InChI is InChI=1S/C19H24N2O5/c1-2-26-16-5-3-15(4-6-16)21-12-14(11-17(21)22)18(23)20-9-7-13(8-10-20)19(24)25/h3-6,13-14H,2,7-12H2,1H3,(H,24,25). The first-order valence-electron chi connectivity index (χ1n) is 9.04. The summed E-state index contributed by atoms with van der Waals surface area (Å²) in [6.45, 7) is 3.75. The van der Waals surface area contributed by atoms with Crippen molar-refractivity contribution in [2.75, 3.05) is 31.1 Å². The molecular weight excluding hydrogens is 336 g/mol. The highest BCUT2D eigenvalue weighted by molar-refractivity contribution is 6.00. The number of carboxylic acid groups (broad SMARTS) is 1. The molecule has 3 rings (SSSR count). The van der Waals surface area contributed by atoms with E-state index in [1.54, 1.807) is 9.80 Å². The predicted molar refractivity (Wildman–Crippen MR) is 95.0 cm³/mol. The maximum Gasteiger partial charge on any atom is 0.306 e. The van der Waals surface area contributed by atoms with E-state index in [0.717, 1.165) is 11.4 Å². The van der Waals surface area contributed by atoms with E-state index in [1.165, 1.54) is 0 Å². The molecule has 0 radical (unpaired) electrons. The number of nitrogens with zero attached hydrogens (tertiary/aromatic N) is 2. The number of hydrogen-bond donors (Lipinski definition) is 1. The van der Waals surface area contributed by atoms with Crippen LogP contribution in [0.25, 0.3) is 0 Å². The molecule has 2 saturated heterocycles. The van der Waals surface area contributed by atoms with Crippen molar-refractivity contribution in [3.8, 4) is 5.75 Å². The summed E-state index contributed by atoms with van der Waals surface area (Å²) in [5.41, 5.74) is 0.762. The molecule has 26 heavy (non-hydrogen) atoms. The predicted octanol–water partition coefficient (Wildman–Crippen LogP) is 1.76. The Morgan fingerprint density at radius 2 is 1.81 bits per heavy atom. The fourth-order valence-corrected chi connectivity index (χ4v) is 3.62. The number of ether oxygens (including phenoxy) is 1. The fourth-order valence-electron chi connectivity index (χ4n) is 3.62. The largest absolute Gasteiger partial charge is 0.494 e. The lowest BCUT2D eigenvalue weighted by molar-refractivity contribution is -0.146. The first kappa shape index (κ1) is 18.2. The third-order valence-electron chi connectivity index (χ3n) is 5.09. The van der Waals surface area contributed by atoms with Gasteiger partial charge in [0.15, 0.2) is 0 Å². The number of carbonyl (C=O) groups excluding carboxylic acids is 2. The minimum Gasteiger partial charge on any atom is -0.494 e. The van der Waals surface area contributed by atoms with E-state index in [0.29, 0.717) is 39.1 Å². The van der Waals surface area contributed by atoms with Crippen LogP contribution in [0.4, 0.5) is 5.69 Å². The molecule has 2 heterocycles. The average Bonchev–Trinajstić information content (AvgIpc) is 3.04. The molecule has 0 spiro atoms. The van der Waals surface area contributed by atoms with Crippen molar-refractivity contribution in [2.24, 2.45) is 11.8 Å². The Kier molecular flexibility index (Phi) is 5.44. The monoisotopic (exact) mass is 360 g/mol. The molecular formula is C19H24N2O5. The summed E-state index contributed by atoms with van der Waals surface area (Å²) >= 11 is 0. The first-order valence-corrected chi connectivity index (χ1v) is 9.04. The Bertz CT molecular complexity index is 680. The first-order chi connectivity index (χ1) is 12.5. The van der Waals surface area contributed by atoms with Crippen molar-refractivity contribution in [3.05, 3.63) is 24.3 Å². The van der Waals surface area contributed by atoms with Gasteiger partial charge in [0.1, 0.15) is 5.75 Å². The summed E-state index contributed by atoms with van der Waals surface area (Å²) < 4.78 is 5.41. The Morgan fingerprint density at radius 3 is 2.38 bits per heavy atom. The van der Waals surface area contributed by atoms with Gasteiger partial charge in [0.2, 0.25) is 11.8 Å². The normalized spacial score (nSPS) is 21.1. The topological polar surface area (TPSA) is 87.2 Å². The van der Waals surface area contributed by atoms with Gasteiger partial charge in [-0.2, -0.15) is 0 Å². The van der Waals surface area contributed by atoms with Crippen LogP contribution in [0.5, 0.6) is 5.75 Å². The van der Waals surface area contributed by atoms with Crippen molar-refractivity contribution in [1.82, 2.24) is 4.90 Å². The SMILES string of the molecule is CCOc1ccc(N2CC(C(=O)N3CCC(C(=O)O)CC3)CC2=O)cc1. The number of rotatable bonds is 5. The van der Waals surface area contributed by atoms with E-state index < -0.39 is 5.97 Å². The van der Waals surface area contributed by atoms with Gasteiger partial charge < -0.3 is 19.6 Å². The van der Waals surface area contributed by atoms with Crippen molar-refractivity contribution in [3.63, 3.8) is 0 Å². The zero-order valence-corrected chi connectivity index (χ0v) is 14.9. The van der Waals surface area contributed by atoms with Crippen LogP contribution >= 0.6 is 0 Å². The van der Waals surface area contributed by atoms with Gasteiger partial charge in [0.25, 0.3) is 0 Å². The Hall–Kier alpha value is -2.57. The number of amides is 2. The molecule has 2 fully saturated rings. The minimum atomic E-state index is -0.796. The highest BCUT2D eigenvalue weighted by Crippen LogP contribution is 2.29. The number of carbonyl (C=O) groups is 3. The maximum atomic E-state index is 12.7. The van der Waals surface area contributed by atoms with Crippen LogP contribution in [-0.4, -0.2) is 54.0 Å². The van der Waals surface area contributed by atoms with Crippen molar-refractivity contribution >= 4 is 23.5 Å². The molecule has 7 nitrogen and oxygen atoms in total. The lowest BCUT2D eigenvalue weighted by Crippen LogP contribution is -2.43. The second-order valence-corrected chi connectivity index (χ2v) is 6.77. The number of anilines is 1. The molecule has 0 aliphatic carbocycles. The van der Waals surface area contributed by atoms with Crippen LogP contribution < -0.4 is 9.64 Å². The Balaban J connectivity index is 1.60. The van der Waals surface area contributed by atoms with Crippen molar-refractivity contribution in [1.29, 1.82) is 0 Å². The van der Waals surface area contributed by atoms with E-state index in [-0.39, 0.29) is 30.1 Å². The summed E-state index contributed by atoms with van der Waals surface area (Å²) in [5, 5.41) is 9.06. The summed E-state index contributed by atoms with van der Waals surface area (Å²) in [5.74, 6) is -0.893. The lowest BCUT2D eigenvalue weighted by atomic mass is 9.95. The van der Waals surface area contributed by atoms with Gasteiger partial charge in [-0.3, -0.25) is 14.4 Å². The molecule has 0 saturated carbocycles. The third kappa shape index (κ3) is 3.81. The summed E-state index contributed by atoms with van der Waals surface area (Å²) in [4.78, 5) is 39.5. The van der Waals surface area contributed by atoms with Gasteiger partial charge >= 0.3 is 5.97 Å². The molecule has 0 bridgehead atoms. The number of carboxylic acids is 1. The van der Waals surface area contributed by atoms with E-state index in [2.05, 4.69) is 0 Å². The molecule has 2 aliphatic heterocycles. The highest BCUT2D eigenvalue weighted by atomic mass is 16.5. The second kappa shape index (κ2) is 7.76. The van der Waals surface area contributed by atoms with Gasteiger partial charge in [0, 0.05) is 31.7 Å². The van der Waals surface area contributed by atoms with Gasteiger partial charge in [0.05, 0.1) is 18.4 Å². The molecule has 140 valence electrons. The van der Waals surface area contributed by atoms with E-state index in [9.17, 15) is 14.4 Å². The van der Waals surface area contributed by atoms with Crippen molar-refractivity contribution in [2.45, 2.75) is 26.2 Å². The van der Waals surface area contributed by atoms with Crippen LogP contribution in [-0.2, 0) is 14.4 Å². The summed E-state index contributed by atoms with van der Waals surface area (Å²) in [6.07, 6.45) is 1.15. The van der Waals surface area contributed by atoms with Gasteiger partial charge in [-0.15, -0.1) is 0 Å². The lowest BCUT2D eigenvalue weighted by Gasteiger charge is -2.31. The highest BCUT2D eigenvalue weighted by Gasteiger charge is 2.38. The van der Waals surface area contributed by atoms with Gasteiger partial charge in [-0.25, -0.2) is 0 Å². The number of piperidine rings is 1. The fraction of sp³-hybridized carbons (Fsp3) is 0.526. The molecule has 2 aliphatic rings. The maximum absolute atomic E-state index is 12.7. The molecule has 1 aromatic rings. The smallest absolute Gasteiger partial charge is 0.306 e. The Morgan fingerprint density at radius 1 is 1.15 bits per heavy atom. The molecule has 1 atom stereocenters. The molecule has 0 aromatic heterocycles. The van der Waals surface area contributed by atoms with E-state index >= 15 is 0 Å². The van der Waals surface area contributed by atoms with Crippen molar-refractivity contribution < 1.29 is 24.2 Å². The molecule has 1 N–H and O–H groups in total.